The first-order chi connectivity index (χ1) is 8.67. The van der Waals surface area contributed by atoms with E-state index in [1.165, 1.54) is 20.3 Å². The van der Waals surface area contributed by atoms with Crippen LogP contribution in [0.5, 0.6) is 0 Å². The van der Waals surface area contributed by atoms with Gasteiger partial charge in [-0.15, -0.1) is 0 Å². The van der Waals surface area contributed by atoms with Crippen LogP contribution in [0.1, 0.15) is 20.7 Å². The molecule has 2 aliphatic carbocycles. The number of methoxy groups -OCH3 is 2. The summed E-state index contributed by atoms with van der Waals surface area (Å²) < 4.78 is 9.39. The van der Waals surface area contributed by atoms with Crippen LogP contribution in [0.2, 0.25) is 0 Å². The Labute approximate surface area is 104 Å². The maximum Gasteiger partial charge on any atom is 0.338 e. The fraction of sp³-hybridized carbons (Fsp3) is 0.143. The van der Waals surface area contributed by atoms with Crippen LogP contribution in [0.25, 0.3) is 11.1 Å². The molecule has 0 saturated heterocycles. The Morgan fingerprint density at radius 1 is 0.944 bits per heavy atom. The number of fused-ring (bicyclic) bond motifs is 1. The number of esters is 2. The van der Waals surface area contributed by atoms with E-state index in [-0.39, 0.29) is 0 Å². The molecule has 0 radical (unpaired) electrons. The Bertz CT molecular complexity index is 574. The summed E-state index contributed by atoms with van der Waals surface area (Å²) in [6, 6.07) is 10.4. The van der Waals surface area contributed by atoms with Crippen LogP contribution in [0.15, 0.2) is 36.4 Å². The molecule has 0 amide bonds. The second kappa shape index (κ2) is 4.87. The Balaban J connectivity index is 2.67. The molecule has 4 heteroatoms. The predicted molar refractivity (Wildman–Crippen MR) is 65.7 cm³/mol. The molecule has 4 nitrogen and oxygen atoms in total. The summed E-state index contributed by atoms with van der Waals surface area (Å²) in [6.45, 7) is 0. The largest absolute Gasteiger partial charge is 0.465 e. The Morgan fingerprint density at radius 3 is 2.33 bits per heavy atom. The summed E-state index contributed by atoms with van der Waals surface area (Å²) in [5.41, 5.74) is 2.28. The number of rotatable bonds is 2. The van der Waals surface area contributed by atoms with Crippen LogP contribution in [0.4, 0.5) is 0 Å². The fourth-order valence-electron chi connectivity index (χ4n) is 1.81. The lowest BCUT2D eigenvalue weighted by atomic mass is 10.1. The summed E-state index contributed by atoms with van der Waals surface area (Å²) in [5.74, 6) is -0.967. The first kappa shape index (κ1) is 12.1. The summed E-state index contributed by atoms with van der Waals surface area (Å²) in [5, 5.41) is 0. The van der Waals surface area contributed by atoms with Crippen LogP contribution in [0, 0.1) is 0 Å². The molecule has 0 bridgehead atoms. The van der Waals surface area contributed by atoms with Gasteiger partial charge in [-0.3, -0.25) is 0 Å². The van der Waals surface area contributed by atoms with Gasteiger partial charge in [-0.05, 0) is 23.3 Å². The van der Waals surface area contributed by atoms with E-state index in [4.69, 9.17) is 4.74 Å². The van der Waals surface area contributed by atoms with Crippen LogP contribution in [0.3, 0.4) is 0 Å². The second-order valence-corrected chi connectivity index (χ2v) is 3.72. The van der Waals surface area contributed by atoms with Crippen molar-refractivity contribution in [3.63, 3.8) is 0 Å². The lowest BCUT2D eigenvalue weighted by Gasteiger charge is -2.02. The molecule has 0 saturated carbocycles. The zero-order valence-electron chi connectivity index (χ0n) is 10.1. The highest BCUT2D eigenvalue weighted by molar-refractivity contribution is 6.00. The minimum atomic E-state index is -0.488. The predicted octanol–water partition coefficient (Wildman–Crippen LogP) is 2.36. The van der Waals surface area contributed by atoms with Crippen LogP contribution in [-0.2, 0) is 9.47 Å². The molecular formula is C14H12O4. The van der Waals surface area contributed by atoms with E-state index in [0.29, 0.717) is 11.1 Å². The van der Waals surface area contributed by atoms with E-state index in [1.54, 1.807) is 12.1 Å². The van der Waals surface area contributed by atoms with Gasteiger partial charge in [0, 0.05) is 0 Å². The van der Waals surface area contributed by atoms with Crippen LogP contribution >= 0.6 is 0 Å². The normalized spacial score (nSPS) is 10.1. The van der Waals surface area contributed by atoms with Crippen molar-refractivity contribution in [2.24, 2.45) is 0 Å². The van der Waals surface area contributed by atoms with Gasteiger partial charge in [0.1, 0.15) is 0 Å². The maximum absolute atomic E-state index is 11.8. The van der Waals surface area contributed by atoms with Gasteiger partial charge in [0.05, 0.1) is 25.3 Å². The quantitative estimate of drug-likeness (QED) is 0.761. The third-order valence-corrected chi connectivity index (χ3v) is 2.71. The molecule has 0 N–H and O–H groups in total. The maximum atomic E-state index is 11.8. The molecule has 2 rings (SSSR count). The number of hydrogen-bond donors (Lipinski definition) is 0. The third-order valence-electron chi connectivity index (χ3n) is 2.71. The third kappa shape index (κ3) is 2.05. The van der Waals surface area contributed by atoms with Crippen molar-refractivity contribution >= 4 is 11.9 Å². The highest BCUT2D eigenvalue weighted by atomic mass is 16.5. The lowest BCUT2D eigenvalue weighted by Crippen LogP contribution is -2.04. The summed E-state index contributed by atoms with van der Waals surface area (Å²) in [6.07, 6.45) is 0. The van der Waals surface area contributed by atoms with Crippen molar-refractivity contribution in [2.75, 3.05) is 14.2 Å². The Hall–Kier alpha value is -2.36. The number of ether oxygens (including phenoxy) is 2. The van der Waals surface area contributed by atoms with Gasteiger partial charge < -0.3 is 9.47 Å². The minimum absolute atomic E-state index is 0.314. The van der Waals surface area contributed by atoms with E-state index < -0.39 is 11.9 Å². The average Bonchev–Trinajstić information content (AvgIpc) is 2.78. The Kier molecular flexibility index (Phi) is 3.28. The molecule has 0 aromatic rings. The smallest absolute Gasteiger partial charge is 0.338 e. The monoisotopic (exact) mass is 244 g/mol. The van der Waals surface area contributed by atoms with E-state index >= 15 is 0 Å². The van der Waals surface area contributed by atoms with E-state index in [1.807, 2.05) is 18.2 Å². The molecule has 0 atom stereocenters. The standard InChI is InChI=1S/C14H12O4/c1-17-13(15)10-7-6-9-4-3-5-11(9)12(8-10)14(16)18-2/h3-8H,1-2H3. The zero-order valence-corrected chi connectivity index (χ0v) is 10.1. The second-order valence-electron chi connectivity index (χ2n) is 3.72. The van der Waals surface area contributed by atoms with E-state index in [2.05, 4.69) is 4.74 Å². The van der Waals surface area contributed by atoms with Gasteiger partial charge >= 0.3 is 11.9 Å². The van der Waals surface area contributed by atoms with E-state index in [9.17, 15) is 9.59 Å². The van der Waals surface area contributed by atoms with Crippen LogP contribution in [-0.4, -0.2) is 26.2 Å². The minimum Gasteiger partial charge on any atom is -0.465 e. The molecule has 0 heterocycles. The van der Waals surface area contributed by atoms with Crippen molar-refractivity contribution in [2.45, 2.75) is 0 Å². The van der Waals surface area contributed by atoms with Gasteiger partial charge in [0.25, 0.3) is 0 Å². The summed E-state index contributed by atoms with van der Waals surface area (Å²) in [7, 11) is 2.61. The number of carbonyl (C=O) groups excluding carboxylic acids is 2. The number of hydrogen-bond acceptors (Lipinski definition) is 4. The van der Waals surface area contributed by atoms with Crippen molar-refractivity contribution in [3.05, 3.63) is 47.5 Å². The van der Waals surface area contributed by atoms with Crippen molar-refractivity contribution in [3.8, 4) is 11.1 Å². The van der Waals surface area contributed by atoms with E-state index in [0.717, 1.165) is 11.1 Å². The molecule has 0 spiro atoms. The fourth-order valence-corrected chi connectivity index (χ4v) is 1.81. The molecule has 0 fully saturated rings. The van der Waals surface area contributed by atoms with Gasteiger partial charge in [-0.2, -0.15) is 0 Å². The van der Waals surface area contributed by atoms with Gasteiger partial charge in [-0.1, -0.05) is 24.3 Å². The SMILES string of the molecule is COC(=O)c1ccc2cccc-2c(C(=O)OC)c1. The van der Waals surface area contributed by atoms with Gasteiger partial charge in [-0.25, -0.2) is 9.59 Å². The van der Waals surface area contributed by atoms with Crippen molar-refractivity contribution in [1.29, 1.82) is 0 Å². The highest BCUT2D eigenvalue weighted by Gasteiger charge is 2.17. The first-order valence-corrected chi connectivity index (χ1v) is 5.37. The lowest BCUT2D eigenvalue weighted by molar-refractivity contribution is 0.0600. The molecule has 0 aromatic carbocycles. The zero-order chi connectivity index (χ0) is 13.1. The molecule has 0 unspecified atom stereocenters. The molecule has 0 aromatic heterocycles. The molecular weight excluding hydrogens is 232 g/mol. The highest BCUT2D eigenvalue weighted by Crippen LogP contribution is 2.27. The van der Waals surface area contributed by atoms with Crippen molar-refractivity contribution in [1.82, 2.24) is 0 Å². The van der Waals surface area contributed by atoms with Gasteiger partial charge in [0.2, 0.25) is 0 Å². The summed E-state index contributed by atoms with van der Waals surface area (Å²) in [4.78, 5) is 23.3. The molecule has 0 aliphatic heterocycles. The average molecular weight is 244 g/mol. The summed E-state index contributed by atoms with van der Waals surface area (Å²) >= 11 is 0. The molecule has 92 valence electrons. The van der Waals surface area contributed by atoms with Crippen molar-refractivity contribution < 1.29 is 19.1 Å². The van der Waals surface area contributed by atoms with Gasteiger partial charge in [0.15, 0.2) is 0 Å². The molecule has 2 aliphatic rings. The first-order valence-electron chi connectivity index (χ1n) is 5.37. The van der Waals surface area contributed by atoms with Crippen LogP contribution < -0.4 is 0 Å². The Morgan fingerprint density at radius 2 is 1.67 bits per heavy atom. The molecule has 18 heavy (non-hydrogen) atoms. The topological polar surface area (TPSA) is 52.6 Å². The number of carbonyl (C=O) groups is 2.